The predicted octanol–water partition coefficient (Wildman–Crippen LogP) is -0.151. The Labute approximate surface area is 132 Å². The molecule has 124 valence electrons. The number of rotatable bonds is 2. The number of amides is 1. The van der Waals surface area contributed by atoms with E-state index in [1.165, 1.54) is 8.87 Å². The molecule has 1 aliphatic rings. The van der Waals surface area contributed by atoms with Crippen LogP contribution >= 0.6 is 0 Å². The van der Waals surface area contributed by atoms with E-state index in [0.29, 0.717) is 29.8 Å². The van der Waals surface area contributed by atoms with Crippen LogP contribution in [-0.4, -0.2) is 60.5 Å². The number of hydrogen-bond donors (Lipinski definition) is 0. The molecule has 2 heterocycles. The third-order valence-corrected chi connectivity index (χ3v) is 5.34. The van der Waals surface area contributed by atoms with Crippen molar-refractivity contribution < 1.29 is 17.6 Å². The first-order chi connectivity index (χ1) is 10.8. The number of nitrogens with zero attached hydrogens (tertiary/aromatic N) is 3. The lowest BCUT2D eigenvalue weighted by Gasteiger charge is -2.33. The second-order valence-electron chi connectivity index (χ2n) is 5.56. The molecule has 0 unspecified atom stereocenters. The number of oxazole rings is 1. The number of hydrogen-bond acceptors (Lipinski definition) is 5. The van der Waals surface area contributed by atoms with E-state index < -0.39 is 15.8 Å². The molecule has 0 N–H and O–H groups in total. The van der Waals surface area contributed by atoms with Crippen LogP contribution in [0.25, 0.3) is 11.1 Å². The van der Waals surface area contributed by atoms with Crippen LogP contribution in [0.5, 0.6) is 0 Å². The lowest BCUT2D eigenvalue weighted by molar-refractivity contribution is 0.0698. The van der Waals surface area contributed by atoms with Crippen LogP contribution in [0.2, 0.25) is 0 Å². The van der Waals surface area contributed by atoms with Crippen molar-refractivity contribution in [2.75, 3.05) is 32.4 Å². The van der Waals surface area contributed by atoms with Gasteiger partial charge in [-0.2, -0.15) is 4.31 Å². The zero-order valence-electron chi connectivity index (χ0n) is 12.9. The number of fused-ring (bicyclic) bond motifs is 1. The van der Waals surface area contributed by atoms with Gasteiger partial charge in [-0.05, 0) is 18.2 Å². The molecule has 0 bridgehead atoms. The van der Waals surface area contributed by atoms with Gasteiger partial charge in [0.1, 0.15) is 0 Å². The standard InChI is InChI=1S/C14H17N3O5S/c1-15-11-9-10(3-4-12(11)22-14(15)19)13(18)16-5-7-17(8-6-16)23(2,20)21/h3-4,9H,5-8H2,1-2H3. The maximum absolute atomic E-state index is 12.6. The van der Waals surface area contributed by atoms with E-state index in [1.807, 2.05) is 0 Å². The molecule has 0 spiro atoms. The summed E-state index contributed by atoms with van der Waals surface area (Å²) in [5, 5.41) is 0. The van der Waals surface area contributed by atoms with E-state index in [0.717, 1.165) is 6.26 Å². The van der Waals surface area contributed by atoms with Crippen molar-refractivity contribution in [3.8, 4) is 0 Å². The Morgan fingerprint density at radius 3 is 2.43 bits per heavy atom. The molecule has 9 heteroatoms. The molecule has 1 saturated heterocycles. The Bertz CT molecular complexity index is 920. The summed E-state index contributed by atoms with van der Waals surface area (Å²) in [4.78, 5) is 25.7. The maximum Gasteiger partial charge on any atom is 0.419 e. The quantitative estimate of drug-likeness (QED) is 0.758. The van der Waals surface area contributed by atoms with Crippen LogP contribution in [0.3, 0.4) is 0 Å². The van der Waals surface area contributed by atoms with Gasteiger partial charge in [0.05, 0.1) is 11.8 Å². The summed E-state index contributed by atoms with van der Waals surface area (Å²) in [5.74, 6) is -0.667. The van der Waals surface area contributed by atoms with Gasteiger partial charge in [-0.25, -0.2) is 13.2 Å². The van der Waals surface area contributed by atoms with E-state index in [4.69, 9.17) is 4.42 Å². The molecule has 1 amide bonds. The van der Waals surface area contributed by atoms with Gasteiger partial charge in [0.2, 0.25) is 10.0 Å². The van der Waals surface area contributed by atoms with Gasteiger partial charge in [-0.3, -0.25) is 9.36 Å². The molecule has 8 nitrogen and oxygen atoms in total. The average Bonchev–Trinajstić information content (AvgIpc) is 2.80. The molecule has 0 saturated carbocycles. The summed E-state index contributed by atoms with van der Waals surface area (Å²) >= 11 is 0. The van der Waals surface area contributed by atoms with E-state index in [2.05, 4.69) is 0 Å². The number of carbonyl (C=O) groups excluding carboxylic acids is 1. The first-order valence-corrected chi connectivity index (χ1v) is 8.96. The smallest absolute Gasteiger partial charge is 0.408 e. The minimum Gasteiger partial charge on any atom is -0.408 e. The molecule has 2 aromatic rings. The van der Waals surface area contributed by atoms with Crippen LogP contribution in [0, 0.1) is 0 Å². The number of aryl methyl sites for hydroxylation is 1. The molecule has 1 aromatic heterocycles. The highest BCUT2D eigenvalue weighted by Crippen LogP contribution is 2.17. The van der Waals surface area contributed by atoms with Gasteiger partial charge in [0.25, 0.3) is 5.91 Å². The number of piperazine rings is 1. The van der Waals surface area contributed by atoms with Crippen molar-refractivity contribution in [3.63, 3.8) is 0 Å². The average molecular weight is 339 g/mol. The second-order valence-corrected chi connectivity index (χ2v) is 7.55. The third kappa shape index (κ3) is 2.89. The molecule has 3 rings (SSSR count). The van der Waals surface area contributed by atoms with Gasteiger partial charge in [0, 0.05) is 38.8 Å². The molecular weight excluding hydrogens is 322 g/mol. The van der Waals surface area contributed by atoms with Crippen molar-refractivity contribution in [1.29, 1.82) is 0 Å². The lowest BCUT2D eigenvalue weighted by atomic mass is 10.1. The molecule has 1 fully saturated rings. The highest BCUT2D eigenvalue weighted by Gasteiger charge is 2.26. The first-order valence-electron chi connectivity index (χ1n) is 7.11. The molecule has 0 atom stereocenters. The molecule has 1 aromatic carbocycles. The van der Waals surface area contributed by atoms with Gasteiger partial charge in [-0.15, -0.1) is 0 Å². The second kappa shape index (κ2) is 5.50. The van der Waals surface area contributed by atoms with Crippen molar-refractivity contribution >= 4 is 27.0 Å². The minimum absolute atomic E-state index is 0.186. The van der Waals surface area contributed by atoms with Crippen LogP contribution < -0.4 is 5.76 Å². The Hall–Kier alpha value is -2.13. The van der Waals surface area contributed by atoms with Crippen LogP contribution in [-0.2, 0) is 17.1 Å². The van der Waals surface area contributed by atoms with Crippen molar-refractivity contribution in [2.24, 2.45) is 7.05 Å². The number of benzene rings is 1. The summed E-state index contributed by atoms with van der Waals surface area (Å²) in [6, 6.07) is 4.82. The molecular formula is C14H17N3O5S. The van der Waals surface area contributed by atoms with Crippen molar-refractivity contribution in [3.05, 3.63) is 34.3 Å². The summed E-state index contributed by atoms with van der Waals surface area (Å²) in [5.41, 5.74) is 1.42. The zero-order valence-corrected chi connectivity index (χ0v) is 13.7. The summed E-state index contributed by atoms with van der Waals surface area (Å²) in [6.07, 6.45) is 1.16. The van der Waals surface area contributed by atoms with Crippen molar-refractivity contribution in [1.82, 2.24) is 13.8 Å². The van der Waals surface area contributed by atoms with Gasteiger partial charge >= 0.3 is 5.76 Å². The van der Waals surface area contributed by atoms with Gasteiger partial charge in [-0.1, -0.05) is 0 Å². The fourth-order valence-corrected chi connectivity index (χ4v) is 3.49. The van der Waals surface area contributed by atoms with Crippen molar-refractivity contribution in [2.45, 2.75) is 0 Å². The maximum atomic E-state index is 12.6. The number of sulfonamides is 1. The van der Waals surface area contributed by atoms with E-state index in [1.54, 1.807) is 30.1 Å². The van der Waals surface area contributed by atoms with Gasteiger partial charge < -0.3 is 9.32 Å². The summed E-state index contributed by atoms with van der Waals surface area (Å²) in [7, 11) is -1.65. The Morgan fingerprint density at radius 2 is 1.83 bits per heavy atom. The topological polar surface area (TPSA) is 92.8 Å². The molecule has 23 heavy (non-hydrogen) atoms. The predicted molar refractivity (Wildman–Crippen MR) is 83.8 cm³/mol. The first kappa shape index (κ1) is 15.8. The number of carbonyl (C=O) groups is 1. The Morgan fingerprint density at radius 1 is 1.17 bits per heavy atom. The molecule has 1 aliphatic heterocycles. The summed E-state index contributed by atoms with van der Waals surface area (Å²) < 4.78 is 30.7. The highest BCUT2D eigenvalue weighted by atomic mass is 32.2. The SMILES string of the molecule is Cn1c(=O)oc2ccc(C(=O)N3CCN(S(C)(=O)=O)CC3)cc21. The normalized spacial score (nSPS) is 16.9. The van der Waals surface area contributed by atoms with E-state index >= 15 is 0 Å². The monoisotopic (exact) mass is 339 g/mol. The highest BCUT2D eigenvalue weighted by molar-refractivity contribution is 7.88. The lowest BCUT2D eigenvalue weighted by Crippen LogP contribution is -2.50. The minimum atomic E-state index is -3.23. The van der Waals surface area contributed by atoms with Crippen LogP contribution in [0.15, 0.2) is 27.4 Å². The number of aromatic nitrogens is 1. The van der Waals surface area contributed by atoms with Crippen LogP contribution in [0.4, 0.5) is 0 Å². The van der Waals surface area contributed by atoms with Gasteiger partial charge in [0.15, 0.2) is 5.58 Å². The van der Waals surface area contributed by atoms with Crippen LogP contribution in [0.1, 0.15) is 10.4 Å². The van der Waals surface area contributed by atoms with E-state index in [-0.39, 0.29) is 19.0 Å². The fraction of sp³-hybridized carbons (Fsp3) is 0.429. The third-order valence-electron chi connectivity index (χ3n) is 4.03. The van der Waals surface area contributed by atoms with E-state index in [9.17, 15) is 18.0 Å². The Balaban J connectivity index is 1.81. The largest absolute Gasteiger partial charge is 0.419 e. The zero-order chi connectivity index (χ0) is 16.8. The molecule has 0 aliphatic carbocycles. The summed E-state index contributed by atoms with van der Waals surface area (Å²) in [6.45, 7) is 1.26. The molecule has 0 radical (unpaired) electrons. The Kier molecular flexibility index (Phi) is 3.77. The fourth-order valence-electron chi connectivity index (χ4n) is 2.67.